The Morgan fingerprint density at radius 3 is 2.05 bits per heavy atom. The summed E-state index contributed by atoms with van der Waals surface area (Å²) in [4.78, 5) is 40.1. The highest BCUT2D eigenvalue weighted by Crippen LogP contribution is 2.24. The average molecular weight is 579 g/mol. The SMILES string of the molecule is CC(C)(C)CC(=O)N(CCOc1ccc(C[C@H](Nc2ccccc2C(=O)c2ccccc2)C(=O)O)cc1)c1ccccc1. The van der Waals surface area contributed by atoms with Gasteiger partial charge < -0.3 is 20.1 Å². The number of ketones is 1. The Morgan fingerprint density at radius 2 is 1.42 bits per heavy atom. The van der Waals surface area contributed by atoms with Crippen molar-refractivity contribution < 1.29 is 24.2 Å². The lowest BCUT2D eigenvalue weighted by atomic mass is 9.91. The summed E-state index contributed by atoms with van der Waals surface area (Å²) in [5.41, 5.74) is 2.90. The summed E-state index contributed by atoms with van der Waals surface area (Å²) in [6, 6.07) is 31.7. The van der Waals surface area contributed by atoms with Gasteiger partial charge in [0.2, 0.25) is 5.91 Å². The van der Waals surface area contributed by atoms with E-state index in [1.54, 1.807) is 65.6 Å². The molecule has 0 aromatic heterocycles. The maximum atomic E-state index is 13.1. The number of amides is 1. The summed E-state index contributed by atoms with van der Waals surface area (Å²) < 4.78 is 5.96. The van der Waals surface area contributed by atoms with Gasteiger partial charge in [-0.3, -0.25) is 9.59 Å². The summed E-state index contributed by atoms with van der Waals surface area (Å²) in [5, 5.41) is 13.0. The number of nitrogens with one attached hydrogen (secondary N) is 1. The fraction of sp³-hybridized carbons (Fsp3) is 0.250. The first kappa shape index (κ1) is 31.0. The minimum atomic E-state index is -1.02. The Labute approximate surface area is 253 Å². The Hall–Kier alpha value is -4.91. The summed E-state index contributed by atoms with van der Waals surface area (Å²) in [6.07, 6.45) is 0.618. The molecule has 0 spiro atoms. The van der Waals surface area contributed by atoms with Crippen molar-refractivity contribution in [1.29, 1.82) is 0 Å². The van der Waals surface area contributed by atoms with E-state index in [0.717, 1.165) is 11.3 Å². The van der Waals surface area contributed by atoms with Crippen LogP contribution in [0.15, 0.2) is 109 Å². The summed E-state index contributed by atoms with van der Waals surface area (Å²) in [6.45, 7) is 6.82. The lowest BCUT2D eigenvalue weighted by molar-refractivity contribution is -0.137. The number of hydrogen-bond acceptors (Lipinski definition) is 5. The largest absolute Gasteiger partial charge is 0.492 e. The zero-order chi connectivity index (χ0) is 30.8. The van der Waals surface area contributed by atoms with Crippen molar-refractivity contribution in [1.82, 2.24) is 0 Å². The van der Waals surface area contributed by atoms with E-state index in [1.807, 2.05) is 69.3 Å². The summed E-state index contributed by atoms with van der Waals surface area (Å²) in [7, 11) is 0. The van der Waals surface area contributed by atoms with Crippen LogP contribution in [0.3, 0.4) is 0 Å². The van der Waals surface area contributed by atoms with E-state index in [2.05, 4.69) is 5.32 Å². The highest BCUT2D eigenvalue weighted by Gasteiger charge is 2.23. The zero-order valence-electron chi connectivity index (χ0n) is 24.8. The van der Waals surface area contributed by atoms with Gasteiger partial charge in [0.25, 0.3) is 0 Å². The lowest BCUT2D eigenvalue weighted by Crippen LogP contribution is -2.36. The van der Waals surface area contributed by atoms with Crippen LogP contribution in [-0.4, -0.2) is 42.0 Å². The van der Waals surface area contributed by atoms with E-state index in [4.69, 9.17) is 4.74 Å². The molecule has 0 aliphatic carbocycles. The molecule has 0 radical (unpaired) electrons. The number of carbonyl (C=O) groups excluding carboxylic acids is 2. The van der Waals surface area contributed by atoms with Gasteiger partial charge in [-0.15, -0.1) is 0 Å². The second-order valence-electron chi connectivity index (χ2n) is 11.6. The van der Waals surface area contributed by atoms with Gasteiger partial charge in [-0.1, -0.05) is 93.6 Å². The first-order chi connectivity index (χ1) is 20.6. The molecule has 2 N–H and O–H groups in total. The Balaban J connectivity index is 1.39. The standard InChI is InChI=1S/C36H38N2O5/c1-36(2,3)25-33(39)38(28-14-8-5-9-15-28)22-23-43-29-20-18-26(19-21-29)24-32(35(41)42)37-31-17-11-10-16-30(31)34(40)27-12-6-4-7-13-27/h4-21,32,37H,22-25H2,1-3H3,(H,41,42)/t32-/m0/s1. The number of hydrogen-bond donors (Lipinski definition) is 2. The molecule has 0 unspecified atom stereocenters. The molecule has 222 valence electrons. The topological polar surface area (TPSA) is 95.9 Å². The highest BCUT2D eigenvalue weighted by atomic mass is 16.5. The first-order valence-corrected chi connectivity index (χ1v) is 14.4. The van der Waals surface area contributed by atoms with Crippen molar-refractivity contribution in [3.05, 3.63) is 126 Å². The van der Waals surface area contributed by atoms with Gasteiger partial charge in [-0.25, -0.2) is 4.79 Å². The molecule has 43 heavy (non-hydrogen) atoms. The number of para-hydroxylation sites is 2. The van der Waals surface area contributed by atoms with Gasteiger partial charge in [0.15, 0.2) is 5.78 Å². The number of anilines is 2. The number of carbonyl (C=O) groups is 3. The number of carboxylic acids is 1. The van der Waals surface area contributed by atoms with Crippen LogP contribution >= 0.6 is 0 Å². The molecule has 1 amide bonds. The van der Waals surface area contributed by atoms with Crippen LogP contribution in [0.4, 0.5) is 11.4 Å². The number of rotatable bonds is 13. The number of nitrogens with zero attached hydrogens (tertiary/aromatic N) is 1. The molecule has 1 atom stereocenters. The number of aliphatic carboxylic acids is 1. The molecule has 0 fully saturated rings. The predicted molar refractivity (Wildman–Crippen MR) is 170 cm³/mol. The maximum Gasteiger partial charge on any atom is 0.326 e. The van der Waals surface area contributed by atoms with Crippen LogP contribution in [0.2, 0.25) is 0 Å². The third-order valence-corrected chi connectivity index (χ3v) is 6.83. The van der Waals surface area contributed by atoms with Crippen LogP contribution < -0.4 is 15.0 Å². The third kappa shape index (κ3) is 9.04. The van der Waals surface area contributed by atoms with E-state index >= 15 is 0 Å². The van der Waals surface area contributed by atoms with Crippen molar-refractivity contribution in [2.24, 2.45) is 5.41 Å². The van der Waals surface area contributed by atoms with E-state index in [1.165, 1.54) is 0 Å². The molecule has 0 saturated carbocycles. The predicted octanol–water partition coefficient (Wildman–Crippen LogP) is 6.87. The van der Waals surface area contributed by atoms with Crippen molar-refractivity contribution in [3.8, 4) is 5.75 Å². The lowest BCUT2D eigenvalue weighted by Gasteiger charge is -2.27. The second kappa shape index (κ2) is 14.3. The molecule has 4 rings (SSSR count). The minimum Gasteiger partial charge on any atom is -0.492 e. The van der Waals surface area contributed by atoms with Gasteiger partial charge in [0, 0.05) is 35.3 Å². The van der Waals surface area contributed by atoms with Crippen LogP contribution in [0.5, 0.6) is 5.75 Å². The van der Waals surface area contributed by atoms with Crippen LogP contribution in [0.25, 0.3) is 0 Å². The van der Waals surface area contributed by atoms with Crippen molar-refractivity contribution in [2.75, 3.05) is 23.4 Å². The number of ether oxygens (including phenoxy) is 1. The molecular weight excluding hydrogens is 540 g/mol. The number of benzene rings is 4. The number of carboxylic acid groups (broad SMARTS) is 1. The van der Waals surface area contributed by atoms with Gasteiger partial charge in [-0.05, 0) is 47.4 Å². The average Bonchev–Trinajstić information content (AvgIpc) is 2.99. The molecule has 0 heterocycles. The quantitative estimate of drug-likeness (QED) is 0.168. The molecular formula is C36H38N2O5. The van der Waals surface area contributed by atoms with Gasteiger partial charge in [0.1, 0.15) is 18.4 Å². The first-order valence-electron chi connectivity index (χ1n) is 14.4. The van der Waals surface area contributed by atoms with E-state index in [-0.39, 0.29) is 23.5 Å². The Bertz CT molecular complexity index is 1510. The molecule has 7 heteroatoms. The normalized spacial score (nSPS) is 11.8. The third-order valence-electron chi connectivity index (χ3n) is 6.83. The summed E-state index contributed by atoms with van der Waals surface area (Å²) >= 11 is 0. The fourth-order valence-corrected chi connectivity index (χ4v) is 4.71. The smallest absolute Gasteiger partial charge is 0.326 e. The van der Waals surface area contributed by atoms with Crippen LogP contribution in [-0.2, 0) is 16.0 Å². The van der Waals surface area contributed by atoms with E-state index in [9.17, 15) is 19.5 Å². The monoisotopic (exact) mass is 578 g/mol. The Morgan fingerprint density at radius 1 is 0.814 bits per heavy atom. The van der Waals surface area contributed by atoms with Gasteiger partial charge in [0.05, 0.1) is 6.54 Å². The maximum absolute atomic E-state index is 13.1. The molecule has 0 saturated heterocycles. The van der Waals surface area contributed by atoms with E-state index < -0.39 is 12.0 Å². The molecule has 0 bridgehead atoms. The molecule has 7 nitrogen and oxygen atoms in total. The second-order valence-corrected chi connectivity index (χ2v) is 11.6. The molecule has 0 aliphatic heterocycles. The van der Waals surface area contributed by atoms with Gasteiger partial charge in [-0.2, -0.15) is 0 Å². The van der Waals surface area contributed by atoms with Crippen molar-refractivity contribution in [2.45, 2.75) is 39.7 Å². The zero-order valence-corrected chi connectivity index (χ0v) is 24.8. The summed E-state index contributed by atoms with van der Waals surface area (Å²) in [5.74, 6) is -0.543. The molecule has 4 aromatic rings. The van der Waals surface area contributed by atoms with E-state index in [0.29, 0.717) is 42.1 Å². The van der Waals surface area contributed by atoms with Gasteiger partial charge >= 0.3 is 5.97 Å². The van der Waals surface area contributed by atoms with Crippen molar-refractivity contribution in [3.63, 3.8) is 0 Å². The molecule has 0 aliphatic rings. The Kier molecular flexibility index (Phi) is 10.3. The van der Waals surface area contributed by atoms with Crippen LogP contribution in [0.1, 0.15) is 48.7 Å². The highest BCUT2D eigenvalue weighted by molar-refractivity contribution is 6.12. The van der Waals surface area contributed by atoms with Crippen molar-refractivity contribution >= 4 is 29.0 Å². The molecule has 4 aromatic carbocycles. The fourth-order valence-electron chi connectivity index (χ4n) is 4.71. The van der Waals surface area contributed by atoms with Crippen LogP contribution in [0, 0.1) is 5.41 Å². The minimum absolute atomic E-state index is 0.0388.